The topological polar surface area (TPSA) is 129 Å². The quantitative estimate of drug-likeness (QED) is 0.364. The van der Waals surface area contributed by atoms with Gasteiger partial charge in [-0.25, -0.2) is 0 Å². The molecule has 4 unspecified atom stereocenters. The highest BCUT2D eigenvalue weighted by atomic mass is 16.4. The molecule has 3 N–H and O–H groups in total. The average Bonchev–Trinajstić information content (AvgIpc) is 2.58. The van der Waals surface area contributed by atoms with Crippen molar-refractivity contribution in [2.75, 3.05) is 0 Å². The van der Waals surface area contributed by atoms with Crippen LogP contribution in [0.5, 0.6) is 0 Å². The van der Waals surface area contributed by atoms with Crippen LogP contribution in [0.2, 0.25) is 0 Å². The van der Waals surface area contributed by atoms with Crippen LogP contribution in [0, 0.1) is 17.3 Å². The molecule has 1 aliphatic carbocycles. The molecule has 7 heteroatoms. The molecule has 7 nitrogen and oxygen atoms in total. The molecule has 0 spiro atoms. The molecule has 0 radical (unpaired) electrons. The van der Waals surface area contributed by atoms with Crippen molar-refractivity contribution in [3.05, 3.63) is 36.5 Å². The first kappa shape index (κ1) is 23.5. The Morgan fingerprint density at radius 1 is 1.11 bits per heavy atom. The fraction of sp³-hybridized carbons (Fsp3) is 0.524. The van der Waals surface area contributed by atoms with E-state index in [0.717, 1.165) is 0 Å². The Labute approximate surface area is 164 Å². The zero-order chi connectivity index (χ0) is 21.6. The fourth-order valence-electron chi connectivity index (χ4n) is 3.69. The predicted molar refractivity (Wildman–Crippen MR) is 103 cm³/mol. The van der Waals surface area contributed by atoms with Gasteiger partial charge in [0, 0.05) is 12.8 Å². The second-order valence-corrected chi connectivity index (χ2v) is 7.57. The number of aliphatic hydroxyl groups excluding tert-OH is 1. The van der Waals surface area contributed by atoms with Gasteiger partial charge in [-0.2, -0.15) is 0 Å². The minimum atomic E-state index is -1.87. The second kappa shape index (κ2) is 9.59. The van der Waals surface area contributed by atoms with Gasteiger partial charge in [0.25, 0.3) is 0 Å². The van der Waals surface area contributed by atoms with Gasteiger partial charge in [-0.3, -0.25) is 19.2 Å². The second-order valence-electron chi connectivity index (χ2n) is 7.57. The fourth-order valence-corrected chi connectivity index (χ4v) is 3.69. The number of aliphatic hydroxyl groups is 1. The zero-order valence-corrected chi connectivity index (χ0v) is 16.3. The molecule has 0 aliphatic heterocycles. The minimum absolute atomic E-state index is 0.0734. The van der Waals surface area contributed by atoms with Gasteiger partial charge in [0.1, 0.15) is 5.41 Å². The summed E-state index contributed by atoms with van der Waals surface area (Å²) in [7, 11) is 0. The third-order valence-corrected chi connectivity index (χ3v) is 5.23. The molecular weight excluding hydrogens is 364 g/mol. The Kier molecular flexibility index (Phi) is 8.05. The molecule has 28 heavy (non-hydrogen) atoms. The molecule has 0 saturated heterocycles. The van der Waals surface area contributed by atoms with Crippen molar-refractivity contribution < 1.29 is 34.5 Å². The van der Waals surface area contributed by atoms with Gasteiger partial charge in [-0.15, -0.1) is 0 Å². The van der Waals surface area contributed by atoms with E-state index < -0.39 is 47.5 Å². The minimum Gasteiger partial charge on any atom is -0.481 e. The predicted octanol–water partition coefficient (Wildman–Crippen LogP) is 2.55. The summed E-state index contributed by atoms with van der Waals surface area (Å²) in [5.74, 6) is -5.23. The first-order valence-corrected chi connectivity index (χ1v) is 9.11. The van der Waals surface area contributed by atoms with Gasteiger partial charge in [-0.05, 0) is 50.2 Å². The molecule has 4 atom stereocenters. The maximum Gasteiger partial charge on any atom is 0.314 e. The van der Waals surface area contributed by atoms with Crippen LogP contribution in [0.15, 0.2) is 36.5 Å². The third kappa shape index (κ3) is 5.48. The first-order valence-electron chi connectivity index (χ1n) is 9.11. The van der Waals surface area contributed by atoms with Gasteiger partial charge in [-0.1, -0.05) is 25.3 Å². The lowest BCUT2D eigenvalue weighted by Gasteiger charge is -2.40. The lowest BCUT2D eigenvalue weighted by atomic mass is 9.61. The SMILES string of the molecule is C=C(C)C(=O)CCC1CC=CC(CC(O)CC(=O)C(=C)C)(C(=O)O)C1C(=O)O. The maximum absolute atomic E-state index is 12.1. The molecule has 0 fully saturated rings. The molecule has 0 heterocycles. The van der Waals surface area contributed by atoms with Gasteiger partial charge in [0.2, 0.25) is 0 Å². The van der Waals surface area contributed by atoms with E-state index in [0.29, 0.717) is 12.0 Å². The lowest BCUT2D eigenvalue weighted by molar-refractivity contribution is -0.165. The molecule has 0 amide bonds. The van der Waals surface area contributed by atoms with Crippen molar-refractivity contribution in [3.63, 3.8) is 0 Å². The van der Waals surface area contributed by atoms with E-state index in [1.807, 2.05) is 0 Å². The molecule has 154 valence electrons. The van der Waals surface area contributed by atoms with Crippen molar-refractivity contribution in [2.24, 2.45) is 17.3 Å². The van der Waals surface area contributed by atoms with Gasteiger partial charge in [0.05, 0.1) is 12.0 Å². The summed E-state index contributed by atoms with van der Waals surface area (Å²) in [6.07, 6.45) is 1.39. The lowest BCUT2D eigenvalue weighted by Crippen LogP contribution is -2.49. The van der Waals surface area contributed by atoms with E-state index in [1.165, 1.54) is 13.0 Å². The summed E-state index contributed by atoms with van der Waals surface area (Å²) in [6, 6.07) is 0. The van der Waals surface area contributed by atoms with Gasteiger partial charge >= 0.3 is 11.9 Å². The number of rotatable bonds is 11. The summed E-state index contributed by atoms with van der Waals surface area (Å²) in [6.45, 7) is 10.1. The smallest absolute Gasteiger partial charge is 0.314 e. The van der Waals surface area contributed by atoms with Gasteiger partial charge < -0.3 is 15.3 Å². The van der Waals surface area contributed by atoms with Crippen LogP contribution in [0.25, 0.3) is 0 Å². The Hall–Kier alpha value is -2.54. The van der Waals surface area contributed by atoms with Crippen molar-refractivity contribution in [1.29, 1.82) is 0 Å². The number of Topliss-reactive ketones (excluding diaryl/α,β-unsaturated/α-hetero) is 2. The highest BCUT2D eigenvalue weighted by Crippen LogP contribution is 2.46. The van der Waals surface area contributed by atoms with Crippen LogP contribution in [-0.2, 0) is 19.2 Å². The van der Waals surface area contributed by atoms with Crippen molar-refractivity contribution in [3.8, 4) is 0 Å². The molecule has 0 aromatic heterocycles. The molecule has 0 aromatic carbocycles. The Morgan fingerprint density at radius 3 is 2.14 bits per heavy atom. The number of carboxylic acids is 2. The molecule has 0 saturated carbocycles. The molecule has 0 bridgehead atoms. The number of hydrogen-bond donors (Lipinski definition) is 3. The largest absolute Gasteiger partial charge is 0.481 e. The molecule has 1 aliphatic rings. The van der Waals surface area contributed by atoms with E-state index in [1.54, 1.807) is 13.0 Å². The molecule has 1 rings (SSSR count). The summed E-state index contributed by atoms with van der Waals surface area (Å²) in [4.78, 5) is 47.8. The number of carbonyl (C=O) groups is 4. The monoisotopic (exact) mass is 392 g/mol. The standard InChI is InChI=1S/C21H28O7/c1-12(2)16(23)8-7-14-6-5-9-21(20(27)28,18(14)19(25)26)11-15(22)10-17(24)13(3)4/h5,9,14-15,18,22H,1,3,6-8,10-11H2,2,4H3,(H,25,26)(H,27,28). The number of aliphatic carboxylic acids is 2. The summed E-state index contributed by atoms with van der Waals surface area (Å²) in [5.41, 5.74) is -1.28. The van der Waals surface area contributed by atoms with E-state index >= 15 is 0 Å². The Morgan fingerprint density at radius 2 is 1.68 bits per heavy atom. The van der Waals surface area contributed by atoms with Crippen LogP contribution in [-0.4, -0.2) is 44.9 Å². The average molecular weight is 392 g/mol. The highest BCUT2D eigenvalue weighted by molar-refractivity contribution is 5.95. The summed E-state index contributed by atoms with van der Waals surface area (Å²) in [5, 5.41) is 30.0. The van der Waals surface area contributed by atoms with Crippen LogP contribution < -0.4 is 0 Å². The van der Waals surface area contributed by atoms with E-state index in [2.05, 4.69) is 13.2 Å². The first-order chi connectivity index (χ1) is 12.9. The number of hydrogen-bond acceptors (Lipinski definition) is 5. The Bertz CT molecular complexity index is 718. The Balaban J connectivity index is 3.16. The van der Waals surface area contributed by atoms with Crippen molar-refractivity contribution >= 4 is 23.5 Å². The third-order valence-electron chi connectivity index (χ3n) is 5.23. The normalized spacial score (nSPS) is 25.0. The van der Waals surface area contributed by atoms with Crippen molar-refractivity contribution in [1.82, 2.24) is 0 Å². The number of carbonyl (C=O) groups excluding carboxylic acids is 2. The number of allylic oxidation sites excluding steroid dienone is 3. The number of carboxylic acid groups (broad SMARTS) is 2. The highest BCUT2D eigenvalue weighted by Gasteiger charge is 2.53. The van der Waals surface area contributed by atoms with Crippen LogP contribution in [0.3, 0.4) is 0 Å². The summed E-state index contributed by atoms with van der Waals surface area (Å²) < 4.78 is 0. The summed E-state index contributed by atoms with van der Waals surface area (Å²) >= 11 is 0. The maximum atomic E-state index is 12.1. The van der Waals surface area contributed by atoms with E-state index in [4.69, 9.17) is 0 Å². The van der Waals surface area contributed by atoms with Crippen LogP contribution in [0.1, 0.15) is 46.0 Å². The van der Waals surface area contributed by atoms with E-state index in [-0.39, 0.29) is 30.6 Å². The van der Waals surface area contributed by atoms with Crippen LogP contribution in [0.4, 0.5) is 0 Å². The van der Waals surface area contributed by atoms with Crippen molar-refractivity contribution in [2.45, 2.75) is 52.1 Å². The number of ketones is 2. The zero-order valence-electron chi connectivity index (χ0n) is 16.3. The van der Waals surface area contributed by atoms with Gasteiger partial charge in [0.15, 0.2) is 11.6 Å². The molecule has 0 aromatic rings. The molecular formula is C21H28O7. The van der Waals surface area contributed by atoms with E-state index in [9.17, 15) is 34.5 Å². The van der Waals surface area contributed by atoms with Crippen LogP contribution >= 0.6 is 0 Å².